The van der Waals surface area contributed by atoms with E-state index in [0.29, 0.717) is 37.1 Å². The van der Waals surface area contributed by atoms with Crippen LogP contribution in [-0.2, 0) is 16.2 Å². The number of methoxy groups -OCH3 is 1. The average molecular weight is 583 g/mol. The summed E-state index contributed by atoms with van der Waals surface area (Å²) in [5.74, 6) is -0.433. The molecular formula is C24H16BrCl3N2O4. The lowest BCUT2D eigenvalue weighted by Gasteiger charge is -2.16. The van der Waals surface area contributed by atoms with E-state index >= 15 is 0 Å². The van der Waals surface area contributed by atoms with Gasteiger partial charge in [-0.25, -0.2) is 5.01 Å². The summed E-state index contributed by atoms with van der Waals surface area (Å²) >= 11 is 22.2. The molecule has 0 spiro atoms. The van der Waals surface area contributed by atoms with Gasteiger partial charge in [-0.3, -0.25) is 15.0 Å². The largest absolute Gasteiger partial charge is 0.493 e. The third-order valence-electron chi connectivity index (χ3n) is 4.97. The average Bonchev–Trinajstić information content (AvgIpc) is 3.11. The second-order valence-electron chi connectivity index (χ2n) is 7.12. The molecular weight excluding hydrogens is 567 g/mol. The lowest BCUT2D eigenvalue weighted by Crippen LogP contribution is -2.35. The van der Waals surface area contributed by atoms with Crippen molar-refractivity contribution in [3.8, 4) is 11.5 Å². The Balaban J connectivity index is 1.65. The summed E-state index contributed by atoms with van der Waals surface area (Å²) in [6.07, 6.45) is 1.44. The zero-order valence-electron chi connectivity index (χ0n) is 17.6. The van der Waals surface area contributed by atoms with Crippen molar-refractivity contribution in [2.45, 2.75) is 6.61 Å². The molecule has 0 radical (unpaired) electrons. The van der Waals surface area contributed by atoms with E-state index in [1.807, 2.05) is 6.07 Å². The molecule has 1 aliphatic rings. The van der Waals surface area contributed by atoms with Crippen LogP contribution in [0.2, 0.25) is 15.1 Å². The Morgan fingerprint density at radius 2 is 1.79 bits per heavy atom. The minimum absolute atomic E-state index is 0.0516. The van der Waals surface area contributed by atoms with Gasteiger partial charge in [0.1, 0.15) is 17.2 Å². The summed E-state index contributed by atoms with van der Waals surface area (Å²) in [5, 5.41) is 2.37. The van der Waals surface area contributed by atoms with Crippen LogP contribution in [0.25, 0.3) is 6.08 Å². The molecule has 1 saturated heterocycles. The number of carbonyl (C=O) groups excluding carboxylic acids is 2. The summed E-state index contributed by atoms with van der Waals surface area (Å²) in [7, 11) is 1.46. The van der Waals surface area contributed by atoms with Crippen molar-refractivity contribution in [2.75, 3.05) is 12.1 Å². The number of hydrogen-bond acceptors (Lipinski definition) is 4. The van der Waals surface area contributed by atoms with E-state index in [0.717, 1.165) is 0 Å². The lowest BCUT2D eigenvalue weighted by molar-refractivity contribution is -0.117. The molecule has 1 fully saturated rings. The second-order valence-corrected chi connectivity index (χ2v) is 9.14. The molecule has 2 amide bonds. The Hall–Kier alpha value is -2.71. The molecule has 0 unspecified atom stereocenters. The first-order chi connectivity index (χ1) is 16.3. The maximum Gasteiger partial charge on any atom is 0.282 e. The van der Waals surface area contributed by atoms with Gasteiger partial charge >= 0.3 is 0 Å². The molecule has 6 nitrogen and oxygen atoms in total. The molecule has 3 aromatic rings. The number of rotatable bonds is 6. The number of carbonyl (C=O) groups is 2. The van der Waals surface area contributed by atoms with Crippen molar-refractivity contribution in [1.82, 2.24) is 5.43 Å². The van der Waals surface area contributed by atoms with Crippen LogP contribution in [-0.4, -0.2) is 18.9 Å². The first-order valence-corrected chi connectivity index (χ1v) is 11.8. The third kappa shape index (κ3) is 4.88. The summed E-state index contributed by atoms with van der Waals surface area (Å²) in [4.78, 5) is 25.4. The standard InChI is InChI=1S/C24H16BrCl3N2O4/c1-33-19-10-14(9-17-23(31)29-30(24(17)32)16-5-3-2-4-6-16)20(25)21(28)22(19)34-12-13-7-8-15(26)11-18(13)27/h2-11H,12H2,1H3,(H,29,31)/b17-9-. The highest BCUT2D eigenvalue weighted by molar-refractivity contribution is 9.10. The number of nitrogens with zero attached hydrogens (tertiary/aromatic N) is 1. The molecule has 4 rings (SSSR count). The SMILES string of the molecule is COc1cc(/C=C2/C(=O)NN(c3ccccc3)C2=O)c(Br)c(Cl)c1OCc1ccc(Cl)cc1Cl. The van der Waals surface area contributed by atoms with Crippen molar-refractivity contribution in [2.24, 2.45) is 0 Å². The van der Waals surface area contributed by atoms with Gasteiger partial charge in [-0.05, 0) is 57.9 Å². The fourth-order valence-corrected chi connectivity index (χ4v) is 4.39. The van der Waals surface area contributed by atoms with Crippen LogP contribution >= 0.6 is 50.7 Å². The number of anilines is 1. The van der Waals surface area contributed by atoms with Crippen LogP contribution in [0.15, 0.2) is 64.6 Å². The minimum atomic E-state index is -0.534. The fraction of sp³-hybridized carbons (Fsp3) is 0.0833. The number of nitrogens with one attached hydrogen (secondary N) is 1. The van der Waals surface area contributed by atoms with Gasteiger partial charge in [0, 0.05) is 20.1 Å². The Labute approximate surface area is 219 Å². The van der Waals surface area contributed by atoms with Gasteiger partial charge in [0.2, 0.25) is 0 Å². The van der Waals surface area contributed by atoms with Crippen LogP contribution in [0.5, 0.6) is 11.5 Å². The van der Waals surface area contributed by atoms with E-state index in [1.54, 1.807) is 48.5 Å². The smallest absolute Gasteiger partial charge is 0.282 e. The first kappa shape index (κ1) is 24.4. The molecule has 10 heteroatoms. The molecule has 0 atom stereocenters. The molecule has 0 aliphatic carbocycles. The van der Waals surface area contributed by atoms with Gasteiger partial charge in [-0.2, -0.15) is 0 Å². The van der Waals surface area contributed by atoms with E-state index in [2.05, 4.69) is 21.4 Å². The van der Waals surface area contributed by atoms with Crippen LogP contribution in [0.4, 0.5) is 5.69 Å². The van der Waals surface area contributed by atoms with Gasteiger partial charge in [-0.1, -0.05) is 59.1 Å². The second kappa shape index (κ2) is 10.3. The van der Waals surface area contributed by atoms with E-state index in [4.69, 9.17) is 44.3 Å². The zero-order valence-corrected chi connectivity index (χ0v) is 21.4. The van der Waals surface area contributed by atoms with E-state index < -0.39 is 11.8 Å². The van der Waals surface area contributed by atoms with Crippen molar-refractivity contribution in [1.29, 1.82) is 0 Å². The molecule has 0 aromatic heterocycles. The van der Waals surface area contributed by atoms with Gasteiger partial charge in [-0.15, -0.1) is 0 Å². The summed E-state index contributed by atoms with van der Waals surface area (Å²) in [6, 6.07) is 15.5. The molecule has 0 bridgehead atoms. The summed E-state index contributed by atoms with van der Waals surface area (Å²) in [5.41, 5.74) is 4.23. The van der Waals surface area contributed by atoms with Crippen LogP contribution in [0, 0.1) is 0 Å². The number of benzene rings is 3. The van der Waals surface area contributed by atoms with Crippen molar-refractivity contribution in [3.05, 3.63) is 90.8 Å². The molecule has 1 N–H and O–H groups in total. The number of halogens is 4. The minimum Gasteiger partial charge on any atom is -0.493 e. The zero-order chi connectivity index (χ0) is 24.4. The highest BCUT2D eigenvalue weighted by Crippen LogP contribution is 2.44. The molecule has 0 saturated carbocycles. The predicted octanol–water partition coefficient (Wildman–Crippen LogP) is 6.46. The van der Waals surface area contributed by atoms with Crippen LogP contribution in [0.1, 0.15) is 11.1 Å². The van der Waals surface area contributed by atoms with E-state index in [-0.39, 0.29) is 23.0 Å². The molecule has 1 heterocycles. The van der Waals surface area contributed by atoms with Gasteiger partial charge in [0.15, 0.2) is 11.5 Å². The molecule has 3 aromatic carbocycles. The Morgan fingerprint density at radius 1 is 1.06 bits per heavy atom. The Morgan fingerprint density at radius 3 is 2.47 bits per heavy atom. The summed E-state index contributed by atoms with van der Waals surface area (Å²) < 4.78 is 11.8. The first-order valence-electron chi connectivity index (χ1n) is 9.85. The van der Waals surface area contributed by atoms with Crippen LogP contribution in [0.3, 0.4) is 0 Å². The maximum absolute atomic E-state index is 12.9. The topological polar surface area (TPSA) is 67.9 Å². The van der Waals surface area contributed by atoms with Gasteiger partial charge < -0.3 is 9.47 Å². The Bertz CT molecular complexity index is 1320. The number of hydrogen-bond donors (Lipinski definition) is 1. The van der Waals surface area contributed by atoms with Gasteiger partial charge in [0.25, 0.3) is 11.8 Å². The van der Waals surface area contributed by atoms with Crippen molar-refractivity contribution < 1.29 is 19.1 Å². The normalized spacial score (nSPS) is 14.5. The van der Waals surface area contributed by atoms with E-state index in [9.17, 15) is 9.59 Å². The van der Waals surface area contributed by atoms with Crippen LogP contribution < -0.4 is 19.9 Å². The predicted molar refractivity (Wildman–Crippen MR) is 137 cm³/mol. The highest BCUT2D eigenvalue weighted by atomic mass is 79.9. The number of para-hydroxylation sites is 1. The number of amides is 2. The van der Waals surface area contributed by atoms with Crippen molar-refractivity contribution >= 4 is 74.3 Å². The van der Waals surface area contributed by atoms with Crippen molar-refractivity contribution in [3.63, 3.8) is 0 Å². The monoisotopic (exact) mass is 580 g/mol. The maximum atomic E-state index is 12.9. The quantitative estimate of drug-likeness (QED) is 0.268. The molecule has 1 aliphatic heterocycles. The lowest BCUT2D eigenvalue weighted by atomic mass is 10.1. The number of ether oxygens (including phenoxy) is 2. The highest BCUT2D eigenvalue weighted by Gasteiger charge is 2.34. The molecule has 34 heavy (non-hydrogen) atoms. The van der Waals surface area contributed by atoms with Gasteiger partial charge in [0.05, 0.1) is 12.8 Å². The third-order valence-corrected chi connectivity index (χ3v) is 7.00. The number of hydrazine groups is 1. The van der Waals surface area contributed by atoms with E-state index in [1.165, 1.54) is 18.2 Å². The summed E-state index contributed by atoms with van der Waals surface area (Å²) in [6.45, 7) is 0.117. The fourth-order valence-electron chi connectivity index (χ4n) is 3.26. The molecule has 174 valence electrons. The Kier molecular flexibility index (Phi) is 7.38.